The van der Waals surface area contributed by atoms with Gasteiger partial charge in [0.05, 0.1) is 11.4 Å². The molecular weight excluding hydrogens is 284 g/mol. The molecule has 2 rings (SSSR count). The third kappa shape index (κ3) is 3.46. The number of rotatable bonds is 5. The highest BCUT2D eigenvalue weighted by molar-refractivity contribution is 7.89. The van der Waals surface area contributed by atoms with E-state index in [-0.39, 0.29) is 17.2 Å². The van der Waals surface area contributed by atoms with E-state index in [0.717, 1.165) is 0 Å². The highest BCUT2D eigenvalue weighted by Gasteiger charge is 2.14. The van der Waals surface area contributed by atoms with Gasteiger partial charge < -0.3 is 0 Å². The molecule has 0 bridgehead atoms. The molecule has 5 nitrogen and oxygen atoms in total. The normalized spacial score (nSPS) is 11.4. The molecule has 0 aliphatic heterocycles. The average molecular weight is 296 g/mol. The summed E-state index contributed by atoms with van der Waals surface area (Å²) in [7, 11) is -3.57. The number of aromatic nitrogens is 1. The molecule has 0 unspecified atom stereocenters. The largest absolute Gasteiger partial charge is 0.295 e. The molecule has 19 heavy (non-hydrogen) atoms. The van der Waals surface area contributed by atoms with E-state index in [1.807, 2.05) is 0 Å². The molecule has 0 aliphatic carbocycles. The van der Waals surface area contributed by atoms with Crippen molar-refractivity contribution in [3.05, 3.63) is 46.4 Å². The molecule has 1 aromatic carbocycles. The van der Waals surface area contributed by atoms with Crippen molar-refractivity contribution >= 4 is 27.1 Å². The molecule has 0 amide bonds. The van der Waals surface area contributed by atoms with Crippen molar-refractivity contribution in [1.29, 1.82) is 0 Å². The van der Waals surface area contributed by atoms with E-state index in [2.05, 4.69) is 9.71 Å². The van der Waals surface area contributed by atoms with Crippen LogP contribution in [-0.2, 0) is 16.6 Å². The van der Waals surface area contributed by atoms with Gasteiger partial charge in [-0.1, -0.05) is 12.1 Å². The Bertz CT molecular complexity index is 662. The number of ketones is 1. The number of hydrogen-bond acceptors (Lipinski definition) is 5. The lowest BCUT2D eigenvalue weighted by molar-refractivity contribution is 0.101. The molecule has 0 fully saturated rings. The van der Waals surface area contributed by atoms with Gasteiger partial charge in [0.25, 0.3) is 0 Å². The first kappa shape index (κ1) is 13.9. The van der Waals surface area contributed by atoms with E-state index >= 15 is 0 Å². The molecule has 100 valence electrons. The maximum atomic E-state index is 12.0. The van der Waals surface area contributed by atoms with Crippen molar-refractivity contribution < 1.29 is 13.2 Å². The van der Waals surface area contributed by atoms with Gasteiger partial charge in [-0.05, 0) is 19.1 Å². The summed E-state index contributed by atoms with van der Waals surface area (Å²) in [5, 5.41) is 2.48. The highest BCUT2D eigenvalue weighted by atomic mass is 32.2. The Labute approximate surface area is 115 Å². The standard InChI is InChI=1S/C12H12N2O3S2/c1-9(15)10-2-4-11(5-3-10)19(16,17)14-8-12-13-6-7-18-12/h2-7,14H,8H2,1H3. The van der Waals surface area contributed by atoms with Gasteiger partial charge >= 0.3 is 0 Å². The highest BCUT2D eigenvalue weighted by Crippen LogP contribution is 2.12. The summed E-state index contributed by atoms with van der Waals surface area (Å²) < 4.78 is 26.4. The second-order valence-electron chi connectivity index (χ2n) is 3.83. The zero-order chi connectivity index (χ0) is 13.9. The van der Waals surface area contributed by atoms with Crippen molar-refractivity contribution in [2.45, 2.75) is 18.4 Å². The van der Waals surface area contributed by atoms with Crippen molar-refractivity contribution in [3.8, 4) is 0 Å². The van der Waals surface area contributed by atoms with Gasteiger partial charge in [-0.2, -0.15) is 0 Å². The van der Waals surface area contributed by atoms with E-state index in [1.165, 1.54) is 42.5 Å². The third-order valence-electron chi connectivity index (χ3n) is 2.47. The van der Waals surface area contributed by atoms with Crippen LogP contribution in [0.15, 0.2) is 40.7 Å². The van der Waals surface area contributed by atoms with E-state index in [4.69, 9.17) is 0 Å². The van der Waals surface area contributed by atoms with Crippen molar-refractivity contribution in [3.63, 3.8) is 0 Å². The average Bonchev–Trinajstić information content (AvgIpc) is 2.90. The van der Waals surface area contributed by atoms with E-state index in [1.54, 1.807) is 11.6 Å². The summed E-state index contributed by atoms with van der Waals surface area (Å²) in [6.45, 7) is 1.60. The van der Waals surface area contributed by atoms with Gasteiger partial charge in [-0.25, -0.2) is 18.1 Å². The molecule has 2 aromatic rings. The molecule has 0 atom stereocenters. The SMILES string of the molecule is CC(=O)c1ccc(S(=O)(=O)NCc2nccs2)cc1. The number of carbonyl (C=O) groups is 1. The number of Topliss-reactive ketones (excluding diaryl/α,β-unsaturated/α-hetero) is 1. The fourth-order valence-corrected chi connectivity index (χ4v) is 3.08. The Morgan fingerprint density at radius 3 is 2.53 bits per heavy atom. The van der Waals surface area contributed by atoms with E-state index < -0.39 is 10.0 Å². The van der Waals surface area contributed by atoms with Gasteiger partial charge in [-0.3, -0.25) is 4.79 Å². The number of carbonyl (C=O) groups excluding carboxylic acids is 1. The summed E-state index contributed by atoms with van der Waals surface area (Å²) in [4.78, 5) is 15.2. The van der Waals surface area contributed by atoms with Gasteiger partial charge in [0.15, 0.2) is 5.78 Å². The predicted molar refractivity (Wildman–Crippen MR) is 72.6 cm³/mol. The van der Waals surface area contributed by atoms with Crippen LogP contribution in [0.1, 0.15) is 22.3 Å². The number of nitrogens with zero attached hydrogens (tertiary/aromatic N) is 1. The minimum atomic E-state index is -3.57. The molecule has 7 heteroatoms. The second kappa shape index (κ2) is 5.60. The summed E-state index contributed by atoms with van der Waals surface area (Å²) in [6, 6.07) is 5.84. The van der Waals surface area contributed by atoms with E-state index in [9.17, 15) is 13.2 Å². The van der Waals surface area contributed by atoms with Crippen LogP contribution in [0.25, 0.3) is 0 Å². The Morgan fingerprint density at radius 1 is 1.32 bits per heavy atom. The van der Waals surface area contributed by atoms with Crippen LogP contribution in [0.2, 0.25) is 0 Å². The quantitative estimate of drug-likeness (QED) is 0.854. The zero-order valence-electron chi connectivity index (χ0n) is 10.2. The topological polar surface area (TPSA) is 76.1 Å². The van der Waals surface area contributed by atoms with E-state index in [0.29, 0.717) is 10.6 Å². The lowest BCUT2D eigenvalue weighted by Gasteiger charge is -2.05. The van der Waals surface area contributed by atoms with Crippen molar-refractivity contribution in [2.24, 2.45) is 0 Å². The maximum Gasteiger partial charge on any atom is 0.240 e. The van der Waals surface area contributed by atoms with Crippen molar-refractivity contribution in [2.75, 3.05) is 0 Å². The second-order valence-corrected chi connectivity index (χ2v) is 6.58. The predicted octanol–water partition coefficient (Wildman–Crippen LogP) is 1.82. The molecule has 0 saturated carbocycles. The van der Waals surface area contributed by atoms with Gasteiger partial charge in [0, 0.05) is 17.1 Å². The first-order chi connectivity index (χ1) is 8.99. The molecule has 1 aromatic heterocycles. The zero-order valence-corrected chi connectivity index (χ0v) is 11.8. The fraction of sp³-hybridized carbons (Fsp3) is 0.167. The van der Waals surface area contributed by atoms with Crippen LogP contribution in [0.4, 0.5) is 0 Å². The molecule has 0 aliphatic rings. The number of thiazole rings is 1. The van der Waals surface area contributed by atoms with Crippen molar-refractivity contribution in [1.82, 2.24) is 9.71 Å². The monoisotopic (exact) mass is 296 g/mol. The lowest BCUT2D eigenvalue weighted by atomic mass is 10.2. The third-order valence-corrected chi connectivity index (χ3v) is 4.66. The summed E-state index contributed by atoms with van der Waals surface area (Å²) in [5.74, 6) is -0.0975. The molecular formula is C12H12N2O3S2. The molecule has 1 heterocycles. The van der Waals surface area contributed by atoms with Gasteiger partial charge in [0.1, 0.15) is 5.01 Å². The van der Waals surface area contributed by atoms with Crippen LogP contribution < -0.4 is 4.72 Å². The van der Waals surface area contributed by atoms with Crippen LogP contribution in [0, 0.1) is 0 Å². The first-order valence-corrected chi connectivity index (χ1v) is 7.84. The first-order valence-electron chi connectivity index (χ1n) is 5.48. The molecule has 0 saturated heterocycles. The Balaban J connectivity index is 2.13. The Morgan fingerprint density at radius 2 is 2.00 bits per heavy atom. The molecule has 0 spiro atoms. The van der Waals surface area contributed by atoms with Crippen LogP contribution >= 0.6 is 11.3 Å². The number of hydrogen-bond donors (Lipinski definition) is 1. The maximum absolute atomic E-state index is 12.0. The van der Waals surface area contributed by atoms with Crippen LogP contribution in [-0.4, -0.2) is 19.2 Å². The molecule has 1 N–H and O–H groups in total. The fourth-order valence-electron chi connectivity index (χ4n) is 1.45. The number of benzene rings is 1. The Hall–Kier alpha value is -1.57. The minimum absolute atomic E-state index is 0.0975. The van der Waals surface area contributed by atoms with Gasteiger partial charge in [0.2, 0.25) is 10.0 Å². The molecule has 0 radical (unpaired) electrons. The lowest BCUT2D eigenvalue weighted by Crippen LogP contribution is -2.23. The van der Waals surface area contributed by atoms with Gasteiger partial charge in [-0.15, -0.1) is 11.3 Å². The summed E-state index contributed by atoms with van der Waals surface area (Å²) in [6.07, 6.45) is 1.62. The summed E-state index contributed by atoms with van der Waals surface area (Å²) >= 11 is 1.38. The summed E-state index contributed by atoms with van der Waals surface area (Å²) in [5.41, 5.74) is 0.485. The smallest absolute Gasteiger partial charge is 0.240 e. The van der Waals surface area contributed by atoms with Crippen LogP contribution in [0.5, 0.6) is 0 Å². The number of nitrogens with one attached hydrogen (secondary N) is 1. The minimum Gasteiger partial charge on any atom is -0.295 e. The number of sulfonamides is 1. The Kier molecular flexibility index (Phi) is 4.08. The van der Waals surface area contributed by atoms with Crippen LogP contribution in [0.3, 0.4) is 0 Å².